The van der Waals surface area contributed by atoms with Crippen LogP contribution in [0.25, 0.3) is 0 Å². The van der Waals surface area contributed by atoms with Crippen molar-refractivity contribution in [2.24, 2.45) is 0 Å². The third-order valence-corrected chi connectivity index (χ3v) is 4.39. The van der Waals surface area contributed by atoms with Crippen molar-refractivity contribution in [3.63, 3.8) is 0 Å². The molecule has 5 heteroatoms. The van der Waals surface area contributed by atoms with E-state index < -0.39 is 0 Å². The molecule has 1 aliphatic carbocycles. The summed E-state index contributed by atoms with van der Waals surface area (Å²) in [6, 6.07) is 13.3. The van der Waals surface area contributed by atoms with Gasteiger partial charge in [-0.3, -0.25) is 9.69 Å². The number of carbonyl (C=O) groups excluding carboxylic acids is 1. The van der Waals surface area contributed by atoms with Crippen molar-refractivity contribution < 1.29 is 13.6 Å². The molecule has 0 spiro atoms. The minimum atomic E-state index is -0.263. The first-order valence-electron chi connectivity index (χ1n) is 8.60. The third-order valence-electron chi connectivity index (χ3n) is 4.39. The van der Waals surface area contributed by atoms with E-state index in [4.69, 9.17) is 0 Å². The predicted molar refractivity (Wildman–Crippen MR) is 92.9 cm³/mol. The second-order valence-electron chi connectivity index (χ2n) is 6.45. The number of amides is 1. The zero-order valence-electron chi connectivity index (χ0n) is 14.1. The van der Waals surface area contributed by atoms with Gasteiger partial charge in [-0.25, -0.2) is 8.78 Å². The quantitative estimate of drug-likeness (QED) is 0.797. The number of nitrogens with zero attached hydrogens (tertiary/aromatic N) is 1. The van der Waals surface area contributed by atoms with Crippen LogP contribution in [0.1, 0.15) is 24.0 Å². The lowest BCUT2D eigenvalue weighted by Gasteiger charge is -2.21. The lowest BCUT2D eigenvalue weighted by molar-refractivity contribution is -0.122. The molecule has 1 amide bonds. The highest BCUT2D eigenvalue weighted by Crippen LogP contribution is 2.28. The Morgan fingerprint density at radius 3 is 2.48 bits per heavy atom. The number of halogens is 2. The summed E-state index contributed by atoms with van der Waals surface area (Å²) in [6.07, 6.45) is 2.76. The number of nitrogens with one attached hydrogen (secondary N) is 1. The minimum absolute atomic E-state index is 0.0645. The predicted octanol–water partition coefficient (Wildman–Crippen LogP) is 3.29. The Bertz CT molecular complexity index is 714. The molecule has 0 atom stereocenters. The van der Waals surface area contributed by atoms with E-state index in [0.29, 0.717) is 31.1 Å². The zero-order valence-corrected chi connectivity index (χ0v) is 14.1. The van der Waals surface area contributed by atoms with Crippen molar-refractivity contribution in [2.75, 3.05) is 13.1 Å². The first-order chi connectivity index (χ1) is 12.1. The van der Waals surface area contributed by atoms with E-state index in [1.165, 1.54) is 18.2 Å². The van der Waals surface area contributed by atoms with E-state index in [0.717, 1.165) is 18.4 Å². The van der Waals surface area contributed by atoms with Gasteiger partial charge in [0.25, 0.3) is 0 Å². The fourth-order valence-electron chi connectivity index (χ4n) is 2.84. The summed E-state index contributed by atoms with van der Waals surface area (Å²) in [6.45, 7) is 1.22. The molecule has 0 bridgehead atoms. The largest absolute Gasteiger partial charge is 0.355 e. The molecule has 1 N–H and O–H groups in total. The first-order valence-corrected chi connectivity index (χ1v) is 8.60. The minimum Gasteiger partial charge on any atom is -0.355 e. The third kappa shape index (κ3) is 5.36. The van der Waals surface area contributed by atoms with Crippen molar-refractivity contribution >= 4 is 5.91 Å². The van der Waals surface area contributed by atoms with Crippen LogP contribution < -0.4 is 5.32 Å². The van der Waals surface area contributed by atoms with Gasteiger partial charge in [0, 0.05) is 24.7 Å². The molecule has 132 valence electrons. The van der Waals surface area contributed by atoms with E-state index in [1.807, 2.05) is 11.0 Å². The summed E-state index contributed by atoms with van der Waals surface area (Å²) in [5.74, 6) is -0.559. The summed E-state index contributed by atoms with van der Waals surface area (Å²) in [4.78, 5) is 14.2. The SMILES string of the molecule is O=C(CN(Cc1ccccc1F)C1CC1)NCCc1ccc(F)cc1. The Kier molecular flexibility index (Phi) is 5.76. The van der Waals surface area contributed by atoms with Crippen LogP contribution in [0.2, 0.25) is 0 Å². The van der Waals surface area contributed by atoms with Crippen LogP contribution >= 0.6 is 0 Å². The van der Waals surface area contributed by atoms with Gasteiger partial charge in [-0.05, 0) is 43.0 Å². The van der Waals surface area contributed by atoms with Crippen LogP contribution in [0.4, 0.5) is 8.78 Å². The molecule has 0 aromatic heterocycles. The van der Waals surface area contributed by atoms with Gasteiger partial charge >= 0.3 is 0 Å². The summed E-state index contributed by atoms with van der Waals surface area (Å²) in [5.41, 5.74) is 1.60. The van der Waals surface area contributed by atoms with E-state index in [2.05, 4.69) is 5.32 Å². The van der Waals surface area contributed by atoms with Gasteiger partial charge in [0.1, 0.15) is 11.6 Å². The number of benzene rings is 2. The maximum absolute atomic E-state index is 13.8. The lowest BCUT2D eigenvalue weighted by atomic mass is 10.1. The van der Waals surface area contributed by atoms with Crippen molar-refractivity contribution in [3.8, 4) is 0 Å². The van der Waals surface area contributed by atoms with Crippen molar-refractivity contribution in [1.82, 2.24) is 10.2 Å². The average Bonchev–Trinajstić information content (AvgIpc) is 3.43. The molecule has 0 aliphatic heterocycles. The molecule has 1 saturated carbocycles. The highest BCUT2D eigenvalue weighted by atomic mass is 19.1. The van der Waals surface area contributed by atoms with Crippen molar-refractivity contribution in [2.45, 2.75) is 31.8 Å². The van der Waals surface area contributed by atoms with Gasteiger partial charge in [0.2, 0.25) is 5.91 Å². The standard InChI is InChI=1S/C20H22F2N2O/c21-17-7-5-15(6-8-17)11-12-23-20(25)14-24(18-9-10-18)13-16-3-1-2-4-19(16)22/h1-8,18H,9-14H2,(H,23,25). The molecule has 25 heavy (non-hydrogen) atoms. The van der Waals surface area contributed by atoms with Crippen LogP contribution in [-0.4, -0.2) is 29.9 Å². The molecule has 3 nitrogen and oxygen atoms in total. The maximum atomic E-state index is 13.8. The Morgan fingerprint density at radius 2 is 1.80 bits per heavy atom. The summed E-state index contributed by atoms with van der Waals surface area (Å²) < 4.78 is 26.7. The van der Waals surface area contributed by atoms with E-state index in [-0.39, 0.29) is 24.1 Å². The Balaban J connectivity index is 1.48. The molecule has 1 aliphatic rings. The molecule has 2 aromatic carbocycles. The molecule has 0 heterocycles. The van der Waals surface area contributed by atoms with E-state index in [9.17, 15) is 13.6 Å². The van der Waals surface area contributed by atoms with Gasteiger partial charge in [0.05, 0.1) is 6.54 Å². The smallest absolute Gasteiger partial charge is 0.234 e. The Morgan fingerprint density at radius 1 is 1.08 bits per heavy atom. The highest BCUT2D eigenvalue weighted by Gasteiger charge is 2.30. The zero-order chi connectivity index (χ0) is 17.6. The highest BCUT2D eigenvalue weighted by molar-refractivity contribution is 5.78. The van der Waals surface area contributed by atoms with E-state index in [1.54, 1.807) is 24.3 Å². The molecule has 1 fully saturated rings. The number of hydrogen-bond acceptors (Lipinski definition) is 2. The molecule has 2 aromatic rings. The Hall–Kier alpha value is -2.27. The van der Waals surface area contributed by atoms with Gasteiger partial charge in [-0.1, -0.05) is 30.3 Å². The van der Waals surface area contributed by atoms with Crippen LogP contribution in [0.3, 0.4) is 0 Å². The maximum Gasteiger partial charge on any atom is 0.234 e. The fourth-order valence-corrected chi connectivity index (χ4v) is 2.84. The number of hydrogen-bond donors (Lipinski definition) is 1. The van der Waals surface area contributed by atoms with Crippen LogP contribution in [-0.2, 0) is 17.8 Å². The number of rotatable bonds is 8. The number of carbonyl (C=O) groups is 1. The molecule has 0 radical (unpaired) electrons. The van der Waals surface area contributed by atoms with Gasteiger partial charge in [-0.2, -0.15) is 0 Å². The molecule has 3 rings (SSSR count). The summed E-state index contributed by atoms with van der Waals surface area (Å²) in [7, 11) is 0. The first kappa shape index (κ1) is 17.5. The van der Waals surface area contributed by atoms with Gasteiger partial charge in [0.15, 0.2) is 0 Å². The van der Waals surface area contributed by atoms with Crippen molar-refractivity contribution in [3.05, 3.63) is 71.3 Å². The summed E-state index contributed by atoms with van der Waals surface area (Å²) >= 11 is 0. The van der Waals surface area contributed by atoms with Crippen LogP contribution in [0, 0.1) is 11.6 Å². The monoisotopic (exact) mass is 344 g/mol. The molecule has 0 saturated heterocycles. The average molecular weight is 344 g/mol. The fraction of sp³-hybridized carbons (Fsp3) is 0.350. The normalized spacial score (nSPS) is 13.9. The second kappa shape index (κ2) is 8.21. The Labute approximate surface area is 146 Å². The molecule has 0 unspecified atom stereocenters. The van der Waals surface area contributed by atoms with Gasteiger partial charge < -0.3 is 5.32 Å². The van der Waals surface area contributed by atoms with Crippen LogP contribution in [0.5, 0.6) is 0 Å². The molecular weight excluding hydrogens is 322 g/mol. The second-order valence-corrected chi connectivity index (χ2v) is 6.45. The van der Waals surface area contributed by atoms with Crippen LogP contribution in [0.15, 0.2) is 48.5 Å². The van der Waals surface area contributed by atoms with Crippen molar-refractivity contribution in [1.29, 1.82) is 0 Å². The van der Waals surface area contributed by atoms with E-state index >= 15 is 0 Å². The van der Waals surface area contributed by atoms with Gasteiger partial charge in [-0.15, -0.1) is 0 Å². The molecular formula is C20H22F2N2O. The summed E-state index contributed by atoms with van der Waals surface area (Å²) in [5, 5.41) is 2.89. The topological polar surface area (TPSA) is 32.3 Å². The lowest BCUT2D eigenvalue weighted by Crippen LogP contribution is -2.39.